The van der Waals surface area contributed by atoms with Gasteiger partial charge in [-0.3, -0.25) is 0 Å². The van der Waals surface area contributed by atoms with E-state index in [4.69, 9.17) is 10.8 Å². The molecule has 9 heteroatoms. The first-order valence-corrected chi connectivity index (χ1v) is 9.80. The number of nitrogens with one attached hydrogen (secondary N) is 2. The second-order valence-electron chi connectivity index (χ2n) is 7.25. The molecule has 1 aliphatic rings. The maximum Gasteiger partial charge on any atom is 0.223 e. The average Bonchev–Trinajstić information content (AvgIpc) is 2.79. The lowest BCUT2D eigenvalue weighted by Crippen LogP contribution is -2.37. The molecule has 0 radical (unpaired) electrons. The summed E-state index contributed by atoms with van der Waals surface area (Å²) in [7, 11) is 0. The number of nitrogens with two attached hydrogens (primary N) is 1. The van der Waals surface area contributed by atoms with Crippen molar-refractivity contribution in [2.75, 3.05) is 11.9 Å². The van der Waals surface area contributed by atoms with Crippen LogP contribution in [-0.2, 0) is 0 Å². The molecule has 2 aromatic rings. The molecular weight excluding hydrogens is 387 g/mol. The highest BCUT2D eigenvalue weighted by Gasteiger charge is 2.33. The molecular formula is C21H25FN6O2. The van der Waals surface area contributed by atoms with E-state index in [0.717, 1.165) is 38.4 Å². The third-order valence-corrected chi connectivity index (χ3v) is 5.19. The van der Waals surface area contributed by atoms with E-state index in [1.807, 2.05) is 0 Å². The average molecular weight is 412 g/mol. The first-order valence-electron chi connectivity index (χ1n) is 9.80. The zero-order valence-corrected chi connectivity index (χ0v) is 16.5. The summed E-state index contributed by atoms with van der Waals surface area (Å²) in [6.45, 7) is 0.358. The van der Waals surface area contributed by atoms with Crippen molar-refractivity contribution in [2.24, 2.45) is 10.9 Å². The molecule has 0 unspecified atom stereocenters. The quantitative estimate of drug-likeness (QED) is 0.383. The normalized spacial score (nSPS) is 16.7. The minimum Gasteiger partial charge on any atom is -0.514 e. The zero-order chi connectivity index (χ0) is 21.4. The van der Waals surface area contributed by atoms with Crippen LogP contribution in [0.5, 0.6) is 0 Å². The highest BCUT2D eigenvalue weighted by molar-refractivity contribution is 5.87. The maximum atomic E-state index is 13.3. The van der Waals surface area contributed by atoms with Crippen LogP contribution >= 0.6 is 0 Å². The van der Waals surface area contributed by atoms with Crippen LogP contribution < -0.4 is 16.4 Å². The lowest BCUT2D eigenvalue weighted by molar-refractivity contribution is 0.311. The summed E-state index contributed by atoms with van der Waals surface area (Å²) in [4.78, 5) is 20.1. The van der Waals surface area contributed by atoms with Gasteiger partial charge in [0.25, 0.3) is 0 Å². The van der Waals surface area contributed by atoms with Gasteiger partial charge in [0.05, 0.1) is 23.4 Å². The fourth-order valence-corrected chi connectivity index (χ4v) is 3.52. The molecule has 1 fully saturated rings. The third-order valence-electron chi connectivity index (χ3n) is 5.19. The number of benzene rings is 1. The van der Waals surface area contributed by atoms with Gasteiger partial charge in [-0.15, -0.1) is 0 Å². The Kier molecular flexibility index (Phi) is 6.95. The standard InChI is InChI=1S/C21H25FN6O2/c22-16-6-4-15(5-7-16)18(23)19(24-12-13-29)17-8-11-25-20(27-17)26-14-21(28-30)9-2-1-3-10-21/h4-8,11-13,24,29H,1-3,9-10,14,23H2,(H,25,26,27)/b13-12-,19-18-. The van der Waals surface area contributed by atoms with E-state index < -0.39 is 5.54 Å². The van der Waals surface area contributed by atoms with E-state index in [1.54, 1.807) is 24.4 Å². The van der Waals surface area contributed by atoms with Gasteiger partial charge >= 0.3 is 0 Å². The Morgan fingerprint density at radius 1 is 1.23 bits per heavy atom. The van der Waals surface area contributed by atoms with Gasteiger partial charge in [-0.2, -0.15) is 4.91 Å². The number of rotatable bonds is 8. The van der Waals surface area contributed by atoms with Crippen molar-refractivity contribution in [2.45, 2.75) is 37.6 Å². The van der Waals surface area contributed by atoms with Crippen LogP contribution in [-0.4, -0.2) is 27.2 Å². The Hall–Kier alpha value is -3.49. The van der Waals surface area contributed by atoms with E-state index in [9.17, 15) is 9.30 Å². The highest BCUT2D eigenvalue weighted by atomic mass is 19.1. The number of aliphatic hydroxyl groups excluding tert-OH is 1. The van der Waals surface area contributed by atoms with Crippen molar-refractivity contribution in [3.05, 3.63) is 71.0 Å². The summed E-state index contributed by atoms with van der Waals surface area (Å²) in [6, 6.07) is 7.38. The van der Waals surface area contributed by atoms with Crippen LogP contribution in [0.1, 0.15) is 43.4 Å². The number of anilines is 1. The predicted octanol–water partition coefficient (Wildman–Crippen LogP) is 3.90. The number of hydrogen-bond acceptors (Lipinski definition) is 8. The molecule has 1 aromatic carbocycles. The van der Waals surface area contributed by atoms with E-state index in [2.05, 4.69) is 25.8 Å². The molecule has 0 spiro atoms. The van der Waals surface area contributed by atoms with Crippen LogP contribution in [0, 0.1) is 10.7 Å². The summed E-state index contributed by atoms with van der Waals surface area (Å²) in [5, 5.41) is 18.5. The molecule has 30 heavy (non-hydrogen) atoms. The first-order chi connectivity index (χ1) is 14.6. The molecule has 0 saturated heterocycles. The fraction of sp³-hybridized carbons (Fsp3) is 0.333. The van der Waals surface area contributed by atoms with Crippen molar-refractivity contribution in [1.29, 1.82) is 0 Å². The second kappa shape index (κ2) is 9.82. The minimum absolute atomic E-state index is 0.316. The Morgan fingerprint density at radius 2 is 1.97 bits per heavy atom. The maximum absolute atomic E-state index is 13.3. The summed E-state index contributed by atoms with van der Waals surface area (Å²) in [6.07, 6.45) is 8.26. The third kappa shape index (κ3) is 5.11. The van der Waals surface area contributed by atoms with Gasteiger partial charge in [-0.1, -0.05) is 24.4 Å². The number of aromatic nitrogens is 2. The summed E-state index contributed by atoms with van der Waals surface area (Å²) >= 11 is 0. The van der Waals surface area contributed by atoms with Gasteiger partial charge in [0, 0.05) is 18.9 Å². The van der Waals surface area contributed by atoms with Crippen LogP contribution in [0.25, 0.3) is 11.4 Å². The lowest BCUT2D eigenvalue weighted by Gasteiger charge is -2.30. The summed E-state index contributed by atoms with van der Waals surface area (Å²) < 4.78 is 13.3. The minimum atomic E-state index is -0.638. The van der Waals surface area contributed by atoms with Gasteiger partial charge < -0.3 is 21.5 Å². The van der Waals surface area contributed by atoms with Gasteiger partial charge in [0.2, 0.25) is 5.95 Å². The molecule has 0 atom stereocenters. The largest absolute Gasteiger partial charge is 0.514 e. The van der Waals surface area contributed by atoms with Crippen molar-refractivity contribution in [1.82, 2.24) is 15.3 Å². The van der Waals surface area contributed by atoms with Crippen LogP contribution in [0.15, 0.2) is 54.2 Å². The summed E-state index contributed by atoms with van der Waals surface area (Å²) in [5.41, 5.74) is 7.43. The first kappa shape index (κ1) is 21.2. The Labute approximate surface area is 174 Å². The molecule has 3 rings (SSSR count). The smallest absolute Gasteiger partial charge is 0.223 e. The SMILES string of the molecule is N/C(=C(\N/C=C\O)c1ccnc(NCC2(N=O)CCCCC2)n1)c1ccc(F)cc1. The Morgan fingerprint density at radius 3 is 2.63 bits per heavy atom. The van der Waals surface area contributed by atoms with Crippen LogP contribution in [0.3, 0.4) is 0 Å². The van der Waals surface area contributed by atoms with Gasteiger partial charge in [0.15, 0.2) is 0 Å². The van der Waals surface area contributed by atoms with E-state index >= 15 is 0 Å². The number of aliphatic hydroxyl groups is 1. The molecule has 1 heterocycles. The molecule has 1 aromatic heterocycles. The second-order valence-corrected chi connectivity index (χ2v) is 7.25. The number of nitroso groups, excluding NO2 is 1. The molecule has 0 bridgehead atoms. The number of nitrogens with zero attached hydrogens (tertiary/aromatic N) is 3. The van der Waals surface area contributed by atoms with Crippen LogP contribution in [0.4, 0.5) is 10.3 Å². The topological polar surface area (TPSA) is 126 Å². The van der Waals surface area contributed by atoms with Crippen molar-refractivity contribution >= 4 is 17.3 Å². The lowest BCUT2D eigenvalue weighted by atomic mass is 9.82. The molecule has 1 saturated carbocycles. The zero-order valence-electron chi connectivity index (χ0n) is 16.5. The molecule has 158 valence electrons. The van der Waals surface area contributed by atoms with E-state index in [1.165, 1.54) is 18.3 Å². The Balaban J connectivity index is 1.87. The van der Waals surface area contributed by atoms with Gasteiger partial charge in [-0.25, -0.2) is 14.4 Å². The number of halogens is 1. The summed E-state index contributed by atoms with van der Waals surface area (Å²) in [5.74, 6) is -0.0365. The predicted molar refractivity (Wildman–Crippen MR) is 114 cm³/mol. The molecule has 8 nitrogen and oxygen atoms in total. The monoisotopic (exact) mass is 412 g/mol. The van der Waals surface area contributed by atoms with E-state index in [-0.39, 0.29) is 5.82 Å². The van der Waals surface area contributed by atoms with Gasteiger partial charge in [0.1, 0.15) is 11.4 Å². The van der Waals surface area contributed by atoms with Crippen molar-refractivity contribution < 1.29 is 9.50 Å². The van der Waals surface area contributed by atoms with Gasteiger partial charge in [-0.05, 0) is 48.7 Å². The molecule has 0 aliphatic heterocycles. The van der Waals surface area contributed by atoms with Crippen molar-refractivity contribution in [3.63, 3.8) is 0 Å². The molecule has 0 amide bonds. The van der Waals surface area contributed by atoms with Crippen molar-refractivity contribution in [3.8, 4) is 0 Å². The number of hydrogen-bond donors (Lipinski definition) is 4. The fourth-order valence-electron chi connectivity index (χ4n) is 3.52. The Bertz CT molecular complexity index is 923. The molecule has 5 N–H and O–H groups in total. The highest BCUT2D eigenvalue weighted by Crippen LogP contribution is 2.31. The molecule has 1 aliphatic carbocycles. The van der Waals surface area contributed by atoms with E-state index in [0.29, 0.717) is 35.1 Å². The van der Waals surface area contributed by atoms with Crippen LogP contribution in [0.2, 0.25) is 0 Å².